The Hall–Kier alpha value is -1.26. The second-order valence-corrected chi connectivity index (χ2v) is 4.81. The minimum Gasteiger partial charge on any atom is -0.493 e. The minimum atomic E-state index is -0.271. The fraction of sp³-hybridized carbons (Fsp3) is 0.600. The molecule has 0 amide bonds. The normalized spacial score (nSPS) is 13.9. The van der Waals surface area contributed by atoms with Gasteiger partial charge in [0.05, 0.1) is 20.3 Å². The Bertz CT molecular complexity index is 389. The number of methoxy groups -OCH3 is 1. The first-order valence-electron chi connectivity index (χ1n) is 6.74. The molecule has 0 bridgehead atoms. The molecule has 0 aliphatic heterocycles. The van der Waals surface area contributed by atoms with E-state index in [0.717, 1.165) is 23.5 Å². The second kappa shape index (κ2) is 7.36. The quantitative estimate of drug-likeness (QED) is 0.759. The number of para-hydroxylation sites is 1. The van der Waals surface area contributed by atoms with E-state index in [-0.39, 0.29) is 12.1 Å². The van der Waals surface area contributed by atoms with Crippen molar-refractivity contribution in [2.45, 2.75) is 39.3 Å². The molecule has 0 aromatic heterocycles. The molecule has 19 heavy (non-hydrogen) atoms. The zero-order valence-electron chi connectivity index (χ0n) is 12.3. The van der Waals surface area contributed by atoms with Crippen molar-refractivity contribution in [3.63, 3.8) is 0 Å². The van der Waals surface area contributed by atoms with Crippen molar-refractivity contribution in [2.75, 3.05) is 20.3 Å². The van der Waals surface area contributed by atoms with Crippen LogP contribution in [0.25, 0.3) is 0 Å². The highest BCUT2D eigenvalue weighted by atomic mass is 16.5. The number of ether oxygens (including phenoxy) is 2. The molecule has 0 fully saturated rings. The van der Waals surface area contributed by atoms with Gasteiger partial charge >= 0.3 is 0 Å². The van der Waals surface area contributed by atoms with Gasteiger partial charge in [0.15, 0.2) is 11.5 Å². The molecule has 0 saturated carbocycles. The van der Waals surface area contributed by atoms with Crippen LogP contribution in [0.15, 0.2) is 18.2 Å². The van der Waals surface area contributed by atoms with Crippen LogP contribution >= 0.6 is 0 Å². The summed E-state index contributed by atoms with van der Waals surface area (Å²) in [6, 6.07) is 5.85. The smallest absolute Gasteiger partial charge is 0.165 e. The van der Waals surface area contributed by atoms with Gasteiger partial charge < -0.3 is 19.9 Å². The molecule has 0 spiro atoms. The summed E-state index contributed by atoms with van der Waals surface area (Å²) in [6.45, 7) is 7.36. The van der Waals surface area contributed by atoms with E-state index in [0.29, 0.717) is 13.2 Å². The third-order valence-electron chi connectivity index (χ3n) is 3.40. The largest absolute Gasteiger partial charge is 0.493 e. The zero-order valence-corrected chi connectivity index (χ0v) is 12.3. The highest BCUT2D eigenvalue weighted by Crippen LogP contribution is 2.31. The molecule has 0 heterocycles. The van der Waals surface area contributed by atoms with Gasteiger partial charge in [-0.15, -0.1) is 0 Å². The van der Waals surface area contributed by atoms with Crippen LogP contribution in [-0.2, 0) is 6.54 Å². The molecule has 1 rings (SSSR count). The number of benzene rings is 1. The molecule has 4 heteroatoms. The molecule has 1 aromatic carbocycles. The van der Waals surface area contributed by atoms with Crippen molar-refractivity contribution in [1.29, 1.82) is 0 Å². The Morgan fingerprint density at radius 2 is 2.05 bits per heavy atom. The van der Waals surface area contributed by atoms with E-state index in [1.54, 1.807) is 7.11 Å². The van der Waals surface area contributed by atoms with Crippen LogP contribution < -0.4 is 14.8 Å². The highest BCUT2D eigenvalue weighted by Gasteiger charge is 2.21. The lowest BCUT2D eigenvalue weighted by Crippen LogP contribution is -2.44. The standard InChI is InChI=1S/C15H25NO3/c1-5-15(3,11-17)16-10-12-8-7-9-13(19-6-2)14(12)18-4/h7-9,16-17H,5-6,10-11H2,1-4H3. The number of hydrogen-bond acceptors (Lipinski definition) is 4. The maximum Gasteiger partial charge on any atom is 0.165 e. The SMILES string of the molecule is CCOc1cccc(CNC(C)(CC)CO)c1OC. The van der Waals surface area contributed by atoms with Gasteiger partial charge in [0.1, 0.15) is 0 Å². The molecule has 0 aliphatic rings. The zero-order chi connectivity index (χ0) is 14.3. The van der Waals surface area contributed by atoms with Gasteiger partial charge in [-0.1, -0.05) is 19.1 Å². The van der Waals surface area contributed by atoms with Crippen molar-refractivity contribution in [3.8, 4) is 11.5 Å². The monoisotopic (exact) mass is 267 g/mol. The molecule has 1 aromatic rings. The average Bonchev–Trinajstić information content (AvgIpc) is 2.45. The van der Waals surface area contributed by atoms with Crippen molar-refractivity contribution in [3.05, 3.63) is 23.8 Å². The van der Waals surface area contributed by atoms with E-state index in [1.165, 1.54) is 0 Å². The van der Waals surface area contributed by atoms with Crippen LogP contribution in [-0.4, -0.2) is 31.0 Å². The number of aliphatic hydroxyl groups excluding tert-OH is 1. The first-order chi connectivity index (χ1) is 9.10. The Kier molecular flexibility index (Phi) is 6.12. The number of aliphatic hydroxyl groups is 1. The van der Waals surface area contributed by atoms with Crippen LogP contribution in [0.3, 0.4) is 0 Å². The Balaban J connectivity index is 2.86. The predicted octanol–water partition coefficient (Wildman–Crippen LogP) is 2.34. The number of hydrogen-bond donors (Lipinski definition) is 2. The topological polar surface area (TPSA) is 50.7 Å². The van der Waals surface area contributed by atoms with Crippen LogP contribution in [0, 0.1) is 0 Å². The summed E-state index contributed by atoms with van der Waals surface area (Å²) in [5.74, 6) is 1.51. The molecular weight excluding hydrogens is 242 g/mol. The maximum atomic E-state index is 9.41. The maximum absolute atomic E-state index is 9.41. The van der Waals surface area contributed by atoms with E-state index in [1.807, 2.05) is 32.0 Å². The van der Waals surface area contributed by atoms with Gasteiger partial charge in [0.2, 0.25) is 0 Å². The molecule has 0 saturated heterocycles. The summed E-state index contributed by atoms with van der Waals surface area (Å²) in [6.07, 6.45) is 0.858. The van der Waals surface area contributed by atoms with Gasteiger partial charge in [-0.3, -0.25) is 0 Å². The van der Waals surface area contributed by atoms with E-state index < -0.39 is 0 Å². The summed E-state index contributed by atoms with van der Waals surface area (Å²) in [5, 5.41) is 12.8. The van der Waals surface area contributed by atoms with Gasteiger partial charge in [-0.2, -0.15) is 0 Å². The third kappa shape index (κ3) is 4.11. The lowest BCUT2D eigenvalue weighted by molar-refractivity contribution is 0.168. The second-order valence-electron chi connectivity index (χ2n) is 4.81. The van der Waals surface area contributed by atoms with Gasteiger partial charge in [-0.25, -0.2) is 0 Å². The molecule has 4 nitrogen and oxygen atoms in total. The van der Waals surface area contributed by atoms with Crippen LogP contribution in [0.5, 0.6) is 11.5 Å². The van der Waals surface area contributed by atoms with Crippen LogP contribution in [0.1, 0.15) is 32.8 Å². The summed E-state index contributed by atoms with van der Waals surface area (Å²) >= 11 is 0. The molecule has 1 atom stereocenters. The lowest BCUT2D eigenvalue weighted by Gasteiger charge is -2.28. The van der Waals surface area contributed by atoms with Gasteiger partial charge in [-0.05, 0) is 26.3 Å². The molecular formula is C15H25NO3. The van der Waals surface area contributed by atoms with Gasteiger partial charge in [0, 0.05) is 17.6 Å². The van der Waals surface area contributed by atoms with Crippen molar-refractivity contribution < 1.29 is 14.6 Å². The van der Waals surface area contributed by atoms with E-state index in [4.69, 9.17) is 9.47 Å². The molecule has 0 aliphatic carbocycles. The van der Waals surface area contributed by atoms with Crippen molar-refractivity contribution >= 4 is 0 Å². The van der Waals surface area contributed by atoms with E-state index >= 15 is 0 Å². The Morgan fingerprint density at radius 3 is 2.58 bits per heavy atom. The molecule has 108 valence electrons. The first kappa shape index (κ1) is 15.8. The van der Waals surface area contributed by atoms with Crippen molar-refractivity contribution in [2.24, 2.45) is 0 Å². The summed E-state index contributed by atoms with van der Waals surface area (Å²) < 4.78 is 11.0. The fourth-order valence-electron chi connectivity index (χ4n) is 1.80. The van der Waals surface area contributed by atoms with E-state index in [9.17, 15) is 5.11 Å². The highest BCUT2D eigenvalue weighted by molar-refractivity contribution is 5.46. The van der Waals surface area contributed by atoms with Gasteiger partial charge in [0.25, 0.3) is 0 Å². The minimum absolute atomic E-state index is 0.108. The summed E-state index contributed by atoms with van der Waals surface area (Å²) in [4.78, 5) is 0. The molecule has 0 radical (unpaired) electrons. The van der Waals surface area contributed by atoms with Crippen LogP contribution in [0.4, 0.5) is 0 Å². The lowest BCUT2D eigenvalue weighted by atomic mass is 9.99. The van der Waals surface area contributed by atoms with Crippen molar-refractivity contribution in [1.82, 2.24) is 5.32 Å². The fourth-order valence-corrected chi connectivity index (χ4v) is 1.80. The summed E-state index contributed by atoms with van der Waals surface area (Å²) in [7, 11) is 1.65. The molecule has 2 N–H and O–H groups in total. The predicted molar refractivity (Wildman–Crippen MR) is 76.8 cm³/mol. The number of rotatable bonds is 8. The van der Waals surface area contributed by atoms with Crippen LogP contribution in [0.2, 0.25) is 0 Å². The first-order valence-corrected chi connectivity index (χ1v) is 6.74. The number of nitrogens with one attached hydrogen (secondary N) is 1. The Morgan fingerprint density at radius 1 is 1.32 bits per heavy atom. The molecule has 1 unspecified atom stereocenters. The summed E-state index contributed by atoms with van der Waals surface area (Å²) in [5.41, 5.74) is 0.758. The third-order valence-corrected chi connectivity index (χ3v) is 3.40. The van der Waals surface area contributed by atoms with E-state index in [2.05, 4.69) is 12.2 Å². The Labute approximate surface area is 115 Å². The average molecular weight is 267 g/mol.